The zero-order valence-corrected chi connectivity index (χ0v) is 42.3. The van der Waals surface area contributed by atoms with Gasteiger partial charge >= 0.3 is 18.1 Å². The Bertz CT molecular complexity index is 2410. The first-order valence-corrected chi connectivity index (χ1v) is 24.1. The molecule has 3 aromatic rings. The van der Waals surface area contributed by atoms with Crippen LogP contribution in [0.25, 0.3) is 0 Å². The molecule has 1 aliphatic carbocycles. The second-order valence-electron chi connectivity index (χ2n) is 21.6. The van der Waals surface area contributed by atoms with E-state index in [1.54, 1.807) is 6.92 Å². The van der Waals surface area contributed by atoms with E-state index in [4.69, 9.17) is 21.5 Å². The number of hydrogen-bond acceptors (Lipinski definition) is 5. The van der Waals surface area contributed by atoms with Crippen LogP contribution in [0.4, 0.5) is 30.7 Å². The summed E-state index contributed by atoms with van der Waals surface area (Å²) in [5.41, 5.74) is 3.78. The smallest absolute Gasteiger partial charge is 0.481 e. The number of quaternary nitrogens is 1. The van der Waals surface area contributed by atoms with Gasteiger partial charge in [0.1, 0.15) is 23.3 Å². The molecule has 0 radical (unpaired) electrons. The summed E-state index contributed by atoms with van der Waals surface area (Å²) in [6.45, 7) is 23.6. The van der Waals surface area contributed by atoms with Gasteiger partial charge in [0.25, 0.3) is 0 Å². The summed E-state index contributed by atoms with van der Waals surface area (Å²) in [6.07, 6.45) is -1.62. The summed E-state index contributed by atoms with van der Waals surface area (Å²) in [5, 5.41) is 17.2. The topological polar surface area (TPSA) is 123 Å². The van der Waals surface area contributed by atoms with Gasteiger partial charge in [0.2, 0.25) is 11.8 Å². The summed E-state index contributed by atoms with van der Waals surface area (Å²) in [7, 11) is 0. The number of hydrogen-bond donors (Lipinski definition) is 3. The first-order chi connectivity index (χ1) is 32.3. The van der Waals surface area contributed by atoms with Crippen LogP contribution in [0, 0.1) is 42.0 Å². The van der Waals surface area contributed by atoms with Crippen molar-refractivity contribution in [1.82, 2.24) is 14.7 Å². The normalized spacial score (nSPS) is 23.5. The van der Waals surface area contributed by atoms with E-state index in [1.165, 1.54) is 34.7 Å². The fourth-order valence-corrected chi connectivity index (χ4v) is 11.1. The molecule has 6 atom stereocenters. The number of carboxylic acid groups (broad SMARTS) is 2. The Morgan fingerprint density at radius 3 is 1.74 bits per heavy atom. The molecule has 3 aromatic carbocycles. The quantitative estimate of drug-likeness (QED) is 0.211. The Balaban J connectivity index is 0.000000278. The van der Waals surface area contributed by atoms with Gasteiger partial charge in [0, 0.05) is 67.8 Å². The molecule has 7 rings (SSSR count). The highest BCUT2D eigenvalue weighted by Gasteiger charge is 2.51. The predicted molar refractivity (Wildman–Crippen MR) is 252 cm³/mol. The number of piperidine rings is 1. The number of benzene rings is 3. The molecule has 0 aromatic heterocycles. The number of carboxylic acids is 2. The molecule has 3 N–H and O–H groups in total. The predicted octanol–water partition coefficient (Wildman–Crippen LogP) is 9.47. The Labute approximate surface area is 411 Å². The molecule has 4 aliphatic rings. The van der Waals surface area contributed by atoms with Gasteiger partial charge in [-0.25, -0.2) is 22.4 Å². The lowest BCUT2D eigenvalue weighted by Gasteiger charge is -2.50. The van der Waals surface area contributed by atoms with Gasteiger partial charge in [0.05, 0.1) is 42.4 Å². The first kappa shape index (κ1) is 56.2. The van der Waals surface area contributed by atoms with E-state index in [-0.39, 0.29) is 57.8 Å². The van der Waals surface area contributed by atoms with Crippen LogP contribution in [0.1, 0.15) is 134 Å². The highest BCUT2D eigenvalue weighted by atomic mass is 35.5. The molecule has 3 heterocycles. The SMILES string of the molecule is CC(=O)N(C(C)C)[C@@H]1CCC2(CCN(C(=O)C3C[NH+](C(C)(C)C)C[C@H]3c3ccc(F)cc3F)CC2)c2cc(C)c(Cl)cc21.CC(C)(C)N1C[C@@H](C(=O)O)[C@H](c2ccc(F)cc2F)C1.O=C(O)C(F)(F)F. The van der Waals surface area contributed by atoms with Crippen molar-refractivity contribution < 1.29 is 65.0 Å². The van der Waals surface area contributed by atoms with E-state index >= 15 is 4.39 Å². The van der Waals surface area contributed by atoms with Crippen molar-refractivity contribution >= 4 is 35.4 Å². The van der Waals surface area contributed by atoms with Gasteiger partial charge in [-0.1, -0.05) is 29.8 Å². The first-order valence-electron chi connectivity index (χ1n) is 23.7. The lowest BCUT2D eigenvalue weighted by Crippen LogP contribution is -3.17. The summed E-state index contributed by atoms with van der Waals surface area (Å²) in [6, 6.07) is 11.4. The number of carbonyl (C=O) groups excluding carboxylic acids is 2. The zero-order chi connectivity index (χ0) is 52.6. The number of fused-ring (bicyclic) bond motifs is 2. The summed E-state index contributed by atoms with van der Waals surface area (Å²) < 4.78 is 87.4. The maximum absolute atomic E-state index is 15.0. The van der Waals surface area contributed by atoms with Gasteiger partial charge in [-0.05, 0) is 139 Å². The summed E-state index contributed by atoms with van der Waals surface area (Å²) in [4.78, 5) is 54.5. The minimum Gasteiger partial charge on any atom is -0.481 e. The van der Waals surface area contributed by atoms with E-state index in [2.05, 4.69) is 46.8 Å². The Kier molecular flexibility index (Phi) is 17.3. The number of likely N-dealkylation sites (tertiary alicyclic amines) is 3. The Hall–Kier alpha value is -4.74. The number of carbonyl (C=O) groups is 4. The molecule has 10 nitrogen and oxygen atoms in total. The molecule has 3 fully saturated rings. The monoisotopic (exact) mass is 1010 g/mol. The molecule has 70 heavy (non-hydrogen) atoms. The van der Waals surface area contributed by atoms with Gasteiger partial charge in [-0.15, -0.1) is 0 Å². The Morgan fingerprint density at radius 2 is 1.30 bits per heavy atom. The van der Waals surface area contributed by atoms with Crippen LogP contribution < -0.4 is 4.90 Å². The molecule has 2 amide bonds. The number of amides is 2. The number of nitrogens with zero attached hydrogens (tertiary/aromatic N) is 3. The minimum absolute atomic E-state index is 0.0212. The number of halogens is 8. The molecule has 0 saturated carbocycles. The third-order valence-electron chi connectivity index (χ3n) is 14.8. The largest absolute Gasteiger partial charge is 0.490 e. The fraction of sp³-hybridized carbons (Fsp3) is 0.577. The van der Waals surface area contributed by atoms with E-state index in [0.29, 0.717) is 49.9 Å². The molecule has 0 bridgehead atoms. The molecular formula is C52H67ClF7N4O6+. The number of alkyl halides is 3. The van der Waals surface area contributed by atoms with E-state index in [9.17, 15) is 45.8 Å². The van der Waals surface area contributed by atoms with Crippen LogP contribution >= 0.6 is 11.6 Å². The molecular weight excluding hydrogens is 945 g/mol. The van der Waals surface area contributed by atoms with Gasteiger partial charge in [-0.2, -0.15) is 13.2 Å². The minimum atomic E-state index is -5.08. The average molecular weight is 1010 g/mol. The van der Waals surface area contributed by atoms with Crippen molar-refractivity contribution in [2.45, 2.75) is 142 Å². The van der Waals surface area contributed by atoms with Crippen LogP contribution in [-0.2, 0) is 24.6 Å². The zero-order valence-electron chi connectivity index (χ0n) is 41.5. The van der Waals surface area contributed by atoms with Gasteiger partial charge in [0.15, 0.2) is 0 Å². The van der Waals surface area contributed by atoms with Gasteiger partial charge < -0.3 is 24.9 Å². The van der Waals surface area contributed by atoms with E-state index in [0.717, 1.165) is 48.9 Å². The second kappa shape index (κ2) is 21.5. The standard InChI is InChI=1S/C35H46ClF2N3O2.C15H19F2NO2.C2HF3O2/c1-21(2)41(23(4)42)32-10-11-35(29-16-22(3)30(36)18-26(29)32)12-14-39(15-13-35)33(43)28-20-40(34(5,6)7)19-27(28)25-9-8-24(37)17-31(25)38;1-15(2,3)18-7-11(12(8-18)14(19)20)10-5-4-9(16)6-13(10)17;3-2(4,5)1(6)7/h8-9,16-18,21,27-28,32H,10-15,19-20H2,1-7H3;4-6,11-12H,7-8H2,1-3H3,(H,19,20);(H,6,7)/p+1/t27-,28?,32+;11-,12+;/m00./s1. The highest BCUT2D eigenvalue weighted by Crippen LogP contribution is 2.51. The van der Waals surface area contributed by atoms with Crippen molar-refractivity contribution in [2.24, 2.45) is 11.8 Å². The Morgan fingerprint density at radius 1 is 0.771 bits per heavy atom. The maximum atomic E-state index is 15.0. The average Bonchev–Trinajstić information content (AvgIpc) is 3.90. The van der Waals surface area contributed by atoms with Crippen LogP contribution in [0.2, 0.25) is 5.02 Å². The molecule has 18 heteroatoms. The second-order valence-corrected chi connectivity index (χ2v) is 22.0. The lowest BCUT2D eigenvalue weighted by molar-refractivity contribution is -0.936. The number of nitrogens with one attached hydrogen (secondary N) is 1. The third-order valence-corrected chi connectivity index (χ3v) is 15.2. The van der Waals surface area contributed by atoms with Gasteiger partial charge in [-0.3, -0.25) is 19.3 Å². The molecule has 386 valence electrons. The highest BCUT2D eigenvalue weighted by molar-refractivity contribution is 6.31. The summed E-state index contributed by atoms with van der Waals surface area (Å²) >= 11 is 6.66. The maximum Gasteiger partial charge on any atom is 0.490 e. The molecule has 1 spiro atoms. The van der Waals surface area contributed by atoms with Crippen molar-refractivity contribution in [3.8, 4) is 0 Å². The van der Waals surface area contributed by atoms with Crippen molar-refractivity contribution in [3.05, 3.63) is 105 Å². The number of aliphatic carboxylic acids is 2. The van der Waals surface area contributed by atoms with E-state index < -0.39 is 53.2 Å². The van der Waals surface area contributed by atoms with E-state index in [1.807, 2.05) is 42.4 Å². The lowest BCUT2D eigenvalue weighted by atomic mass is 9.63. The number of aryl methyl sites for hydroxylation is 1. The molecule has 2 unspecified atom stereocenters. The van der Waals surface area contributed by atoms with Crippen molar-refractivity contribution in [3.63, 3.8) is 0 Å². The fourth-order valence-electron chi connectivity index (χ4n) is 10.9. The third kappa shape index (κ3) is 12.6. The molecule has 3 saturated heterocycles. The molecule has 3 aliphatic heterocycles. The summed E-state index contributed by atoms with van der Waals surface area (Å²) in [5.74, 6) is -7.83. The van der Waals surface area contributed by atoms with Crippen LogP contribution in [0.5, 0.6) is 0 Å². The van der Waals surface area contributed by atoms with Crippen LogP contribution in [0.3, 0.4) is 0 Å². The van der Waals surface area contributed by atoms with Crippen LogP contribution in [-0.4, -0.2) is 111 Å². The number of rotatable bonds is 6. The van der Waals surface area contributed by atoms with Crippen molar-refractivity contribution in [1.29, 1.82) is 0 Å². The van der Waals surface area contributed by atoms with Crippen molar-refractivity contribution in [2.75, 3.05) is 39.3 Å². The van der Waals surface area contributed by atoms with Crippen LogP contribution in [0.15, 0.2) is 48.5 Å².